The van der Waals surface area contributed by atoms with E-state index >= 15 is 0 Å². The summed E-state index contributed by atoms with van der Waals surface area (Å²) in [6, 6.07) is 0. The molecule has 792 valence electrons. The van der Waals surface area contributed by atoms with Gasteiger partial charge in [0.25, 0.3) is 0 Å². The Labute approximate surface area is 761 Å². The minimum absolute atomic E-state index is 0.0645. The number of carbonyl (C=O) groups is 6. The lowest BCUT2D eigenvalue weighted by Gasteiger charge is -2.14. The molecule has 0 saturated carbocycles. The number of hydrogen-bond donors (Lipinski definition) is 39. The second kappa shape index (κ2) is 139. The number of carboxylic acid groups (broad SMARTS) is 3. The van der Waals surface area contributed by atoms with E-state index in [2.05, 4.69) is 20.8 Å². The fourth-order valence-corrected chi connectivity index (χ4v) is 6.90. The number of carbonyl (C=O) groups excluding carboxylic acids is 3. The van der Waals surface area contributed by atoms with Gasteiger partial charge in [-0.15, -0.1) is 0 Å². The lowest BCUT2D eigenvalue weighted by molar-refractivity contribution is -0.143. The normalized spacial score (nSPS) is 10.2. The molecule has 0 aromatic rings. The molecule has 0 aromatic carbocycles. The fraction of sp³-hybridized carbons (Fsp3) is 0.926. The zero-order valence-corrected chi connectivity index (χ0v) is 77.5. The summed E-state index contributed by atoms with van der Waals surface area (Å²) < 4.78 is 0. The van der Waals surface area contributed by atoms with Gasteiger partial charge in [-0.1, -0.05) is 175 Å². The van der Waals surface area contributed by atoms with E-state index in [4.69, 9.17) is 199 Å². The van der Waals surface area contributed by atoms with Crippen molar-refractivity contribution in [1.29, 1.82) is 0 Å². The van der Waals surface area contributed by atoms with Gasteiger partial charge in [0, 0.05) is 40.4 Å². The summed E-state index contributed by atoms with van der Waals surface area (Å²) in [5.74, 6) is -3.06. The molecule has 0 aliphatic carbocycles. The SMILES string of the molecule is CCCCCCCCCCCC(=O)N(C)CC(=O)O.CCCCCCCCCCCC(=O)N(C)CC(=O)O.CCCCCCCCCCCC(=O)N(C)CC(=O)O.OCC(O)CO.OCC(O)CO.OCC(O)CO.OCC(O)CO.OCC(O)CO.OCC(O)CO.OCC(O)CO.OCC(O)CO.OCC(O)CO.OCC(O)CO.OCC(O)CO.OCC(O)CO. The fourth-order valence-electron chi connectivity index (χ4n) is 6.90. The van der Waals surface area contributed by atoms with Gasteiger partial charge in [0.05, 0.1) is 159 Å². The van der Waals surface area contributed by atoms with E-state index in [0.29, 0.717) is 19.3 Å². The van der Waals surface area contributed by atoms with Gasteiger partial charge in [-0.2, -0.15) is 0 Å². The molecular formula is C81H183N3O45. The van der Waals surface area contributed by atoms with Crippen LogP contribution in [0, 0.1) is 0 Å². The van der Waals surface area contributed by atoms with Crippen molar-refractivity contribution >= 4 is 35.6 Å². The quantitative estimate of drug-likeness (QED) is 0.0251. The van der Waals surface area contributed by atoms with Crippen LogP contribution in [0.3, 0.4) is 0 Å². The Morgan fingerprint density at radius 2 is 0.256 bits per heavy atom. The first-order valence-corrected chi connectivity index (χ1v) is 43.1. The maximum Gasteiger partial charge on any atom is 0.323 e. The molecule has 0 saturated heterocycles. The first-order valence-electron chi connectivity index (χ1n) is 43.1. The number of carboxylic acids is 3. The average Bonchev–Trinajstić information content (AvgIpc) is 0.972. The molecule has 0 aliphatic rings. The average molecular weight is 1920 g/mol. The van der Waals surface area contributed by atoms with E-state index in [0.717, 1.165) is 38.5 Å². The Kier molecular flexibility index (Phi) is 170. The summed E-state index contributed by atoms with van der Waals surface area (Å²) in [6.07, 6.45) is 22.9. The Balaban J connectivity index is -0.0000000858. The van der Waals surface area contributed by atoms with Crippen molar-refractivity contribution < 1.29 is 228 Å². The predicted octanol–water partition coefficient (Wildman–Crippen LogP) is -9.67. The topological polar surface area (TPSA) is 901 Å². The number of rotatable bonds is 60. The number of nitrogens with zero attached hydrogens (tertiary/aromatic N) is 3. The van der Waals surface area contributed by atoms with E-state index in [1.807, 2.05) is 0 Å². The number of aliphatic carboxylic acids is 3. The third-order valence-corrected chi connectivity index (χ3v) is 14.9. The number of likely N-dealkylation sites (N-methyl/N-ethyl adjacent to an activating group) is 3. The number of aliphatic hydroxyl groups is 36. The molecule has 0 fully saturated rings. The Hall–Kier alpha value is -4.62. The molecule has 0 aliphatic heterocycles. The zero-order chi connectivity index (χ0) is 103. The molecule has 0 atom stereocenters. The molecular weight excluding hydrogens is 1730 g/mol. The molecule has 3 amide bonds. The second-order valence-corrected chi connectivity index (χ2v) is 27.9. The van der Waals surface area contributed by atoms with Crippen LogP contribution in [0.5, 0.6) is 0 Å². The highest BCUT2D eigenvalue weighted by Gasteiger charge is 2.14. The van der Waals surface area contributed by atoms with Gasteiger partial charge in [0.1, 0.15) is 92.9 Å². The Morgan fingerprint density at radius 3 is 0.326 bits per heavy atom. The maximum absolute atomic E-state index is 11.5. The first-order chi connectivity index (χ1) is 60.9. The minimum atomic E-state index is -0.956. The van der Waals surface area contributed by atoms with Crippen molar-refractivity contribution in [2.75, 3.05) is 199 Å². The standard InChI is InChI=1S/3C15H29NO3.12C3H8O3/c3*1-3-4-5-6-7-8-9-10-11-12-14(17)16(2)13-15(18)19;12*4-1-3(6)2-5/h3*3-13H2,1-2H3,(H,18,19);12*3-6H,1-2H2. The maximum atomic E-state index is 11.5. The number of amides is 3. The largest absolute Gasteiger partial charge is 0.480 e. The summed E-state index contributed by atoms with van der Waals surface area (Å²) in [7, 11) is 4.64. The number of hydrogen-bond acceptors (Lipinski definition) is 42. The second-order valence-electron chi connectivity index (χ2n) is 27.9. The van der Waals surface area contributed by atoms with Crippen LogP contribution < -0.4 is 0 Å². The van der Waals surface area contributed by atoms with Gasteiger partial charge in [-0.05, 0) is 19.3 Å². The van der Waals surface area contributed by atoms with Gasteiger partial charge in [0.15, 0.2) is 0 Å². The zero-order valence-electron chi connectivity index (χ0n) is 77.5. The van der Waals surface area contributed by atoms with Crippen LogP contribution in [-0.2, 0) is 28.8 Å². The Morgan fingerprint density at radius 1 is 0.171 bits per heavy atom. The van der Waals surface area contributed by atoms with E-state index in [1.54, 1.807) is 21.1 Å². The molecule has 48 heteroatoms. The molecule has 39 N–H and O–H groups in total. The summed E-state index contributed by atoms with van der Waals surface area (Å²) in [6.45, 7) is -2.68. The predicted molar refractivity (Wildman–Crippen MR) is 473 cm³/mol. The van der Waals surface area contributed by atoms with Crippen LogP contribution in [0.25, 0.3) is 0 Å². The van der Waals surface area contributed by atoms with E-state index < -0.39 is 91.2 Å². The highest BCUT2D eigenvalue weighted by molar-refractivity contribution is 5.82. The first kappa shape index (κ1) is 158. The smallest absolute Gasteiger partial charge is 0.323 e. The monoisotopic (exact) mass is 1920 g/mol. The van der Waals surface area contributed by atoms with Crippen molar-refractivity contribution in [3.05, 3.63) is 0 Å². The molecule has 0 bridgehead atoms. The van der Waals surface area contributed by atoms with E-state index in [1.165, 1.54) is 150 Å². The third-order valence-electron chi connectivity index (χ3n) is 14.9. The van der Waals surface area contributed by atoms with Crippen LogP contribution in [0.1, 0.15) is 213 Å². The highest BCUT2D eigenvalue weighted by Crippen LogP contribution is 2.14. The van der Waals surface area contributed by atoms with Crippen molar-refractivity contribution in [1.82, 2.24) is 14.7 Å². The molecule has 0 unspecified atom stereocenters. The van der Waals surface area contributed by atoms with Gasteiger partial charge in [-0.25, -0.2) is 0 Å². The summed E-state index contributed by atoms with van der Waals surface area (Å²) in [5.41, 5.74) is 0. The minimum Gasteiger partial charge on any atom is -0.480 e. The Bertz CT molecular complexity index is 1690. The molecule has 129 heavy (non-hydrogen) atoms. The summed E-state index contributed by atoms with van der Waals surface area (Å²) in [4.78, 5) is 69.8. The van der Waals surface area contributed by atoms with E-state index in [-0.39, 0.29) is 196 Å². The van der Waals surface area contributed by atoms with Crippen LogP contribution in [0.4, 0.5) is 0 Å². The summed E-state index contributed by atoms with van der Waals surface area (Å²) >= 11 is 0. The molecule has 0 radical (unpaired) electrons. The lowest BCUT2D eigenvalue weighted by Crippen LogP contribution is -2.31. The molecule has 48 nitrogen and oxygen atoms in total. The molecule has 0 aromatic heterocycles. The number of unbranched alkanes of at least 4 members (excludes halogenated alkanes) is 24. The van der Waals surface area contributed by atoms with Gasteiger partial charge in [-0.3, -0.25) is 28.8 Å². The number of aliphatic hydroxyl groups excluding tert-OH is 36. The van der Waals surface area contributed by atoms with Crippen LogP contribution in [0.15, 0.2) is 0 Å². The van der Waals surface area contributed by atoms with Gasteiger partial charge in [0.2, 0.25) is 17.7 Å². The van der Waals surface area contributed by atoms with Gasteiger partial charge >= 0.3 is 17.9 Å². The lowest BCUT2D eigenvalue weighted by atomic mass is 10.1. The van der Waals surface area contributed by atoms with Crippen LogP contribution in [0.2, 0.25) is 0 Å². The molecule has 0 rings (SSSR count). The van der Waals surface area contributed by atoms with Crippen molar-refractivity contribution in [3.8, 4) is 0 Å². The van der Waals surface area contributed by atoms with E-state index in [9.17, 15) is 28.8 Å². The van der Waals surface area contributed by atoms with Crippen LogP contribution in [-0.4, -0.2) is 522 Å². The highest BCUT2D eigenvalue weighted by atomic mass is 16.4. The molecule has 0 heterocycles. The van der Waals surface area contributed by atoms with Gasteiger partial charge < -0.3 is 214 Å². The van der Waals surface area contributed by atoms with Crippen molar-refractivity contribution in [3.63, 3.8) is 0 Å². The van der Waals surface area contributed by atoms with Crippen molar-refractivity contribution in [2.24, 2.45) is 0 Å². The summed E-state index contributed by atoms with van der Waals surface area (Å²) in [5, 5.41) is 314. The third kappa shape index (κ3) is 180. The molecule has 0 spiro atoms. The van der Waals surface area contributed by atoms with Crippen LogP contribution >= 0.6 is 0 Å². The van der Waals surface area contributed by atoms with Crippen molar-refractivity contribution in [2.45, 2.75) is 287 Å².